The van der Waals surface area contributed by atoms with Crippen LogP contribution in [-0.4, -0.2) is 39.7 Å². The highest BCUT2D eigenvalue weighted by Crippen LogP contribution is 2.29. The van der Waals surface area contributed by atoms with Gasteiger partial charge in [0.25, 0.3) is 0 Å². The summed E-state index contributed by atoms with van der Waals surface area (Å²) in [6, 6.07) is 10.2. The minimum atomic E-state index is -0.986. The van der Waals surface area contributed by atoms with Crippen LogP contribution in [0.2, 0.25) is 0 Å². The number of nitrogens with zero attached hydrogens (tertiary/aromatic N) is 2. The average molecular weight is 300 g/mol. The molecule has 1 fully saturated rings. The van der Waals surface area contributed by atoms with Crippen molar-refractivity contribution in [3.05, 3.63) is 59.9 Å². The van der Waals surface area contributed by atoms with Crippen molar-refractivity contribution in [2.45, 2.75) is 18.9 Å². The van der Waals surface area contributed by atoms with Gasteiger partial charge in [0.05, 0.1) is 5.56 Å². The van der Waals surface area contributed by atoms with Crippen LogP contribution in [-0.2, 0) is 0 Å². The molecule has 0 saturated carbocycles. The summed E-state index contributed by atoms with van der Waals surface area (Å²) < 4.78 is 0. The maximum atomic E-state index is 10.2. The van der Waals surface area contributed by atoms with Gasteiger partial charge < -0.3 is 10.2 Å². The van der Waals surface area contributed by atoms with Crippen LogP contribution < -0.4 is 0 Å². The molecule has 1 aromatic heterocycles. The monoisotopic (exact) mass is 300 g/mol. The van der Waals surface area contributed by atoms with E-state index in [-0.39, 0.29) is 11.3 Å². The number of aromatic carboxylic acids is 1. The molecule has 1 aliphatic rings. The molecule has 1 unspecified atom stereocenters. The van der Waals surface area contributed by atoms with E-state index in [9.17, 15) is 4.79 Å². The number of rotatable bonds is 2. The summed E-state index contributed by atoms with van der Waals surface area (Å²) in [4.78, 5) is 16.8. The van der Waals surface area contributed by atoms with Gasteiger partial charge in [-0.1, -0.05) is 6.07 Å². The second kappa shape index (κ2) is 7.56. The maximum absolute atomic E-state index is 10.2. The molecule has 0 bridgehead atoms. The third kappa shape index (κ3) is 4.30. The second-order valence-corrected chi connectivity index (χ2v) is 5.28. The van der Waals surface area contributed by atoms with Crippen LogP contribution in [0.4, 0.5) is 0 Å². The van der Waals surface area contributed by atoms with Crippen molar-refractivity contribution in [2.24, 2.45) is 0 Å². The van der Waals surface area contributed by atoms with Crippen molar-refractivity contribution in [3.8, 4) is 5.75 Å². The zero-order chi connectivity index (χ0) is 15.9. The predicted octanol–water partition coefficient (Wildman–Crippen LogP) is 2.94. The summed E-state index contributed by atoms with van der Waals surface area (Å²) in [7, 11) is 2.19. The number of pyridine rings is 1. The van der Waals surface area contributed by atoms with Gasteiger partial charge in [0.2, 0.25) is 0 Å². The van der Waals surface area contributed by atoms with Gasteiger partial charge in [0.1, 0.15) is 5.75 Å². The fourth-order valence-corrected chi connectivity index (χ4v) is 2.51. The lowest BCUT2D eigenvalue weighted by atomic mass is 10.1. The highest BCUT2D eigenvalue weighted by Gasteiger charge is 2.21. The Bertz CT molecular complexity index is 599. The molecule has 1 aliphatic heterocycles. The van der Waals surface area contributed by atoms with Crippen molar-refractivity contribution < 1.29 is 15.0 Å². The number of likely N-dealkylation sites (tertiary alicyclic amines) is 1. The molecule has 1 atom stereocenters. The Morgan fingerprint density at radius 3 is 2.50 bits per heavy atom. The smallest absolute Gasteiger partial charge is 0.335 e. The Kier molecular flexibility index (Phi) is 5.49. The Balaban J connectivity index is 0.000000164. The van der Waals surface area contributed by atoms with Gasteiger partial charge in [-0.2, -0.15) is 0 Å². The third-order valence-corrected chi connectivity index (χ3v) is 3.70. The first-order chi connectivity index (χ1) is 10.6. The lowest BCUT2D eigenvalue weighted by Gasteiger charge is -2.18. The molecular formula is C17H20N2O3. The first kappa shape index (κ1) is 16.0. The highest BCUT2D eigenvalue weighted by molar-refractivity contribution is 5.87. The van der Waals surface area contributed by atoms with Crippen LogP contribution in [0, 0.1) is 0 Å². The topological polar surface area (TPSA) is 73.7 Å². The van der Waals surface area contributed by atoms with Crippen LogP contribution >= 0.6 is 0 Å². The molecule has 22 heavy (non-hydrogen) atoms. The average Bonchev–Trinajstić information content (AvgIpc) is 2.95. The molecule has 3 rings (SSSR count). The van der Waals surface area contributed by atoms with Gasteiger partial charge in [-0.15, -0.1) is 0 Å². The SMILES string of the molecule is CN1CCCC1c1cccnc1.O=C(O)c1ccc(O)cc1. The molecule has 2 N–H and O–H groups in total. The maximum Gasteiger partial charge on any atom is 0.335 e. The van der Waals surface area contributed by atoms with Crippen molar-refractivity contribution in [1.29, 1.82) is 0 Å². The van der Waals surface area contributed by atoms with Crippen LogP contribution in [0.1, 0.15) is 34.8 Å². The van der Waals surface area contributed by atoms with Gasteiger partial charge in [-0.25, -0.2) is 4.79 Å². The molecule has 1 saturated heterocycles. The van der Waals surface area contributed by atoms with Gasteiger partial charge >= 0.3 is 5.97 Å². The summed E-state index contributed by atoms with van der Waals surface area (Å²) in [5, 5.41) is 17.1. The summed E-state index contributed by atoms with van der Waals surface area (Å²) in [6.45, 7) is 1.22. The van der Waals surface area contributed by atoms with E-state index in [2.05, 4.69) is 23.0 Å². The number of hydrogen-bond acceptors (Lipinski definition) is 4. The van der Waals surface area contributed by atoms with Crippen LogP contribution in [0.15, 0.2) is 48.8 Å². The van der Waals surface area contributed by atoms with Gasteiger partial charge in [-0.05, 0) is 62.3 Å². The molecule has 0 amide bonds. The minimum absolute atomic E-state index is 0.0741. The Morgan fingerprint density at radius 1 is 1.27 bits per heavy atom. The zero-order valence-corrected chi connectivity index (χ0v) is 12.5. The number of carbonyl (C=O) groups is 1. The van der Waals surface area contributed by atoms with E-state index in [1.807, 2.05) is 18.5 Å². The number of hydrogen-bond donors (Lipinski definition) is 2. The summed E-state index contributed by atoms with van der Waals surface area (Å²) >= 11 is 0. The van der Waals surface area contributed by atoms with E-state index in [4.69, 9.17) is 10.2 Å². The Labute approximate surface area is 129 Å². The molecule has 0 radical (unpaired) electrons. The van der Waals surface area contributed by atoms with Crippen LogP contribution in [0.3, 0.4) is 0 Å². The van der Waals surface area contributed by atoms with Crippen molar-refractivity contribution in [2.75, 3.05) is 13.6 Å². The van der Waals surface area contributed by atoms with E-state index >= 15 is 0 Å². The molecule has 5 heteroatoms. The first-order valence-corrected chi connectivity index (χ1v) is 7.20. The van der Waals surface area contributed by atoms with E-state index in [1.54, 1.807) is 0 Å². The van der Waals surface area contributed by atoms with Crippen molar-refractivity contribution in [1.82, 2.24) is 9.88 Å². The Morgan fingerprint density at radius 2 is 2.00 bits per heavy atom. The largest absolute Gasteiger partial charge is 0.508 e. The van der Waals surface area contributed by atoms with Crippen molar-refractivity contribution >= 4 is 5.97 Å². The fraction of sp³-hybridized carbons (Fsp3) is 0.294. The van der Waals surface area contributed by atoms with Gasteiger partial charge in [-0.3, -0.25) is 9.88 Å². The summed E-state index contributed by atoms with van der Waals surface area (Å²) in [6.07, 6.45) is 6.41. The number of carboxylic acid groups (broad SMARTS) is 1. The van der Waals surface area contributed by atoms with Crippen LogP contribution in [0.25, 0.3) is 0 Å². The Hall–Kier alpha value is -2.40. The number of phenols is 1. The van der Waals surface area contributed by atoms with E-state index in [0.717, 1.165) is 0 Å². The van der Waals surface area contributed by atoms with Gasteiger partial charge in [0.15, 0.2) is 0 Å². The molecule has 116 valence electrons. The van der Waals surface area contributed by atoms with Gasteiger partial charge in [0, 0.05) is 18.4 Å². The molecule has 0 aliphatic carbocycles. The molecule has 5 nitrogen and oxygen atoms in total. The molecule has 2 aromatic rings. The minimum Gasteiger partial charge on any atom is -0.508 e. The zero-order valence-electron chi connectivity index (χ0n) is 12.5. The first-order valence-electron chi connectivity index (χ1n) is 7.20. The van der Waals surface area contributed by atoms with E-state index in [1.165, 1.54) is 49.2 Å². The molecule has 2 heterocycles. The van der Waals surface area contributed by atoms with E-state index in [0.29, 0.717) is 6.04 Å². The number of aromatic hydroxyl groups is 1. The fourth-order valence-electron chi connectivity index (χ4n) is 2.51. The van der Waals surface area contributed by atoms with Crippen LogP contribution in [0.5, 0.6) is 5.75 Å². The molecule has 1 aromatic carbocycles. The third-order valence-electron chi connectivity index (χ3n) is 3.70. The lowest BCUT2D eigenvalue weighted by Crippen LogP contribution is -2.17. The van der Waals surface area contributed by atoms with Crippen molar-refractivity contribution in [3.63, 3.8) is 0 Å². The highest BCUT2D eigenvalue weighted by atomic mass is 16.4. The lowest BCUT2D eigenvalue weighted by molar-refractivity contribution is 0.0697. The standard InChI is InChI=1S/C10H14N2.C7H6O3/c1-12-7-3-5-10(12)9-4-2-6-11-8-9;8-6-3-1-5(2-4-6)7(9)10/h2,4,6,8,10H,3,5,7H2,1H3;1-4,8H,(H,9,10). The number of aromatic nitrogens is 1. The van der Waals surface area contributed by atoms with E-state index < -0.39 is 5.97 Å². The predicted molar refractivity (Wildman–Crippen MR) is 83.9 cm³/mol. The second-order valence-electron chi connectivity index (χ2n) is 5.28. The quantitative estimate of drug-likeness (QED) is 0.892. The number of phenolic OH excluding ortho intramolecular Hbond substituents is 1. The number of carboxylic acids is 1. The number of benzene rings is 1. The molecular weight excluding hydrogens is 280 g/mol. The summed E-state index contributed by atoms with van der Waals surface area (Å²) in [5.41, 5.74) is 1.54. The normalized spacial score (nSPS) is 17.6. The molecule has 0 spiro atoms. The summed E-state index contributed by atoms with van der Waals surface area (Å²) in [5.74, 6) is -0.912.